The molecule has 2 aromatic heterocycles. The molecule has 2 aromatic rings. The molecule has 0 spiro atoms. The van der Waals surface area contributed by atoms with E-state index < -0.39 is 12.0 Å². The smallest absolute Gasteiger partial charge is 0.249 e. The number of carbonyl (C=O) groups excluding carboxylic acids is 2. The first kappa shape index (κ1) is 16.4. The van der Waals surface area contributed by atoms with Crippen LogP contribution in [0.1, 0.15) is 29.2 Å². The van der Waals surface area contributed by atoms with Crippen molar-refractivity contribution in [3.05, 3.63) is 30.1 Å². The molecule has 0 bridgehead atoms. The molecular formula is C16H21N5O3. The van der Waals surface area contributed by atoms with E-state index in [1.807, 2.05) is 4.57 Å². The second-order valence-corrected chi connectivity index (χ2v) is 6.01. The third kappa shape index (κ3) is 2.85. The lowest BCUT2D eigenvalue weighted by Gasteiger charge is -2.17. The van der Waals surface area contributed by atoms with E-state index in [2.05, 4.69) is 4.98 Å². The number of rotatable bonds is 5. The molecule has 1 fully saturated rings. The van der Waals surface area contributed by atoms with Gasteiger partial charge in [-0.3, -0.25) is 9.59 Å². The number of pyridine rings is 1. The van der Waals surface area contributed by atoms with Gasteiger partial charge >= 0.3 is 0 Å². The minimum Gasteiger partial charge on any atom is -0.389 e. The fourth-order valence-electron chi connectivity index (χ4n) is 3.20. The number of nitrogens with two attached hydrogens (primary N) is 2. The average Bonchev–Trinajstić information content (AvgIpc) is 3.15. The standard InChI is InChI=1S/C16H21N5O3/c17-5-1-2-14(23)20-8-12(13(22)9-20)21-7-4-11-10(15(18)24)3-6-19-16(11)21/h3-4,6-7,12-13,22H,1-2,5,8-9,17H2,(H2,18,24)/t12-,13-/m1/s1. The van der Waals surface area contributed by atoms with Crippen LogP contribution in [-0.4, -0.2) is 57.1 Å². The van der Waals surface area contributed by atoms with Crippen LogP contribution in [0.5, 0.6) is 0 Å². The number of amides is 2. The first-order valence-corrected chi connectivity index (χ1v) is 7.94. The molecule has 2 amide bonds. The molecule has 128 valence electrons. The van der Waals surface area contributed by atoms with Gasteiger partial charge < -0.3 is 26.0 Å². The van der Waals surface area contributed by atoms with Crippen molar-refractivity contribution in [3.63, 3.8) is 0 Å². The Labute approximate surface area is 139 Å². The number of carbonyl (C=O) groups is 2. The van der Waals surface area contributed by atoms with Crippen LogP contribution in [0.2, 0.25) is 0 Å². The molecule has 1 saturated heterocycles. The first-order valence-electron chi connectivity index (χ1n) is 7.94. The number of aliphatic hydroxyl groups is 1. The molecule has 3 rings (SSSR count). The van der Waals surface area contributed by atoms with E-state index in [0.29, 0.717) is 42.5 Å². The largest absolute Gasteiger partial charge is 0.389 e. The molecule has 0 aromatic carbocycles. The van der Waals surface area contributed by atoms with Crippen molar-refractivity contribution >= 4 is 22.8 Å². The quantitative estimate of drug-likeness (QED) is 0.688. The number of hydrogen-bond acceptors (Lipinski definition) is 5. The fourth-order valence-corrected chi connectivity index (χ4v) is 3.20. The van der Waals surface area contributed by atoms with E-state index in [4.69, 9.17) is 11.5 Å². The number of fused-ring (bicyclic) bond motifs is 1. The maximum atomic E-state index is 12.1. The Morgan fingerprint density at radius 3 is 2.83 bits per heavy atom. The van der Waals surface area contributed by atoms with Crippen molar-refractivity contribution < 1.29 is 14.7 Å². The molecule has 5 N–H and O–H groups in total. The number of primary amides is 1. The number of aliphatic hydroxyl groups excluding tert-OH is 1. The van der Waals surface area contributed by atoms with Gasteiger partial charge in [0.15, 0.2) is 0 Å². The first-order chi connectivity index (χ1) is 11.5. The molecule has 1 aliphatic heterocycles. The van der Waals surface area contributed by atoms with Gasteiger partial charge in [0, 0.05) is 37.3 Å². The van der Waals surface area contributed by atoms with Crippen molar-refractivity contribution in [2.24, 2.45) is 11.5 Å². The summed E-state index contributed by atoms with van der Waals surface area (Å²) in [4.78, 5) is 29.6. The Morgan fingerprint density at radius 2 is 2.12 bits per heavy atom. The van der Waals surface area contributed by atoms with Gasteiger partial charge in [-0.05, 0) is 25.1 Å². The lowest BCUT2D eigenvalue weighted by atomic mass is 10.2. The minimum absolute atomic E-state index is 0.00996. The van der Waals surface area contributed by atoms with Gasteiger partial charge in [0.25, 0.3) is 0 Å². The Morgan fingerprint density at radius 1 is 1.33 bits per heavy atom. The highest BCUT2D eigenvalue weighted by atomic mass is 16.3. The molecule has 0 unspecified atom stereocenters. The van der Waals surface area contributed by atoms with Crippen molar-refractivity contribution in [1.82, 2.24) is 14.5 Å². The van der Waals surface area contributed by atoms with Crippen LogP contribution in [0.15, 0.2) is 24.5 Å². The number of hydrogen-bond donors (Lipinski definition) is 3. The van der Waals surface area contributed by atoms with Crippen molar-refractivity contribution in [1.29, 1.82) is 0 Å². The van der Waals surface area contributed by atoms with Crippen LogP contribution >= 0.6 is 0 Å². The van der Waals surface area contributed by atoms with Crippen molar-refractivity contribution in [2.45, 2.75) is 25.0 Å². The number of aromatic nitrogens is 2. The van der Waals surface area contributed by atoms with Crippen molar-refractivity contribution in [2.75, 3.05) is 19.6 Å². The molecule has 8 nitrogen and oxygen atoms in total. The summed E-state index contributed by atoms with van der Waals surface area (Å²) in [5.41, 5.74) is 11.8. The molecule has 0 aliphatic carbocycles. The zero-order valence-electron chi connectivity index (χ0n) is 13.3. The van der Waals surface area contributed by atoms with Crippen LogP contribution < -0.4 is 11.5 Å². The fraction of sp³-hybridized carbons (Fsp3) is 0.438. The number of likely N-dealkylation sites (tertiary alicyclic amines) is 1. The summed E-state index contributed by atoms with van der Waals surface area (Å²) in [7, 11) is 0. The second-order valence-electron chi connectivity index (χ2n) is 6.01. The minimum atomic E-state index is -0.693. The maximum absolute atomic E-state index is 12.1. The van der Waals surface area contributed by atoms with E-state index in [0.717, 1.165) is 0 Å². The van der Waals surface area contributed by atoms with Crippen LogP contribution in [0.4, 0.5) is 0 Å². The van der Waals surface area contributed by atoms with Gasteiger partial charge in [-0.1, -0.05) is 0 Å². The summed E-state index contributed by atoms with van der Waals surface area (Å²) in [6, 6.07) is 3.02. The highest BCUT2D eigenvalue weighted by Gasteiger charge is 2.35. The second kappa shape index (κ2) is 6.58. The van der Waals surface area contributed by atoms with Gasteiger partial charge in [0.05, 0.1) is 17.7 Å². The van der Waals surface area contributed by atoms with E-state index in [1.54, 1.807) is 23.2 Å². The summed E-state index contributed by atoms with van der Waals surface area (Å²) in [5.74, 6) is -0.532. The Bertz CT molecular complexity index is 772. The molecule has 8 heteroatoms. The van der Waals surface area contributed by atoms with E-state index in [-0.39, 0.29) is 18.5 Å². The third-order valence-electron chi connectivity index (χ3n) is 4.44. The number of nitrogens with zero attached hydrogens (tertiary/aromatic N) is 3. The monoisotopic (exact) mass is 331 g/mol. The molecule has 24 heavy (non-hydrogen) atoms. The summed E-state index contributed by atoms with van der Waals surface area (Å²) in [6.07, 6.45) is 3.61. The highest BCUT2D eigenvalue weighted by molar-refractivity contribution is 6.04. The normalized spacial score (nSPS) is 20.7. The molecular weight excluding hydrogens is 310 g/mol. The average molecular weight is 331 g/mol. The molecule has 2 atom stereocenters. The predicted octanol–water partition coefficient (Wildman–Crippen LogP) is -0.382. The SMILES string of the molecule is NCCCC(=O)N1C[C@@H](O)[C@H](n2ccc3c(C(N)=O)ccnc32)C1. The summed E-state index contributed by atoms with van der Waals surface area (Å²) >= 11 is 0. The summed E-state index contributed by atoms with van der Waals surface area (Å²) < 4.78 is 1.81. The van der Waals surface area contributed by atoms with Gasteiger partial charge in [-0.25, -0.2) is 4.98 Å². The molecule has 1 aliphatic rings. The third-order valence-corrected chi connectivity index (χ3v) is 4.44. The van der Waals surface area contributed by atoms with E-state index in [1.165, 1.54) is 6.20 Å². The Hall–Kier alpha value is -2.45. The zero-order valence-corrected chi connectivity index (χ0v) is 13.3. The van der Waals surface area contributed by atoms with Crippen molar-refractivity contribution in [3.8, 4) is 0 Å². The van der Waals surface area contributed by atoms with Gasteiger partial charge in [0.2, 0.25) is 11.8 Å². The molecule has 3 heterocycles. The lowest BCUT2D eigenvalue weighted by Crippen LogP contribution is -2.29. The van der Waals surface area contributed by atoms with Gasteiger partial charge in [-0.15, -0.1) is 0 Å². The number of β-amino-alcohol motifs (C(OH)–C–C–N with tert-alkyl or cyclic N) is 1. The molecule has 0 radical (unpaired) electrons. The maximum Gasteiger partial charge on any atom is 0.249 e. The van der Waals surface area contributed by atoms with E-state index >= 15 is 0 Å². The summed E-state index contributed by atoms with van der Waals surface area (Å²) in [5, 5.41) is 11.0. The lowest BCUT2D eigenvalue weighted by molar-refractivity contribution is -0.130. The summed E-state index contributed by atoms with van der Waals surface area (Å²) in [6.45, 7) is 1.15. The van der Waals surface area contributed by atoms with Gasteiger partial charge in [0.1, 0.15) is 5.65 Å². The van der Waals surface area contributed by atoms with E-state index in [9.17, 15) is 14.7 Å². The Balaban J connectivity index is 1.87. The van der Waals surface area contributed by atoms with Crippen LogP contribution in [0.25, 0.3) is 11.0 Å². The predicted molar refractivity (Wildman–Crippen MR) is 88.2 cm³/mol. The highest BCUT2D eigenvalue weighted by Crippen LogP contribution is 2.28. The van der Waals surface area contributed by atoms with Crippen LogP contribution in [0, 0.1) is 0 Å². The molecule has 0 saturated carbocycles. The zero-order chi connectivity index (χ0) is 17.3. The van der Waals surface area contributed by atoms with Crippen LogP contribution in [0.3, 0.4) is 0 Å². The van der Waals surface area contributed by atoms with Crippen LogP contribution in [-0.2, 0) is 4.79 Å². The topological polar surface area (TPSA) is 127 Å². The van der Waals surface area contributed by atoms with Gasteiger partial charge in [-0.2, -0.15) is 0 Å². The Kier molecular flexibility index (Phi) is 4.50.